The van der Waals surface area contributed by atoms with E-state index in [-0.39, 0.29) is 12.2 Å². The minimum absolute atomic E-state index is 0.182. The van der Waals surface area contributed by atoms with Crippen LogP contribution in [0.25, 0.3) is 0 Å². The second-order valence-corrected chi connectivity index (χ2v) is 4.24. The van der Waals surface area contributed by atoms with E-state index in [1.807, 2.05) is 6.07 Å². The fourth-order valence-electron chi connectivity index (χ4n) is 1.78. The lowest BCUT2D eigenvalue weighted by Crippen LogP contribution is -2.34. The summed E-state index contributed by atoms with van der Waals surface area (Å²) in [7, 11) is 0. The van der Waals surface area contributed by atoms with E-state index in [4.69, 9.17) is 4.74 Å². The number of nitrogens with one attached hydrogen (secondary N) is 2. The number of carbonyl (C=O) groups excluding carboxylic acids is 3. The fraction of sp³-hybridized carbons (Fsp3) is 0.308. The van der Waals surface area contributed by atoms with Gasteiger partial charge in [-0.3, -0.25) is 14.4 Å². The minimum atomic E-state index is -0.636. The number of aldehydes is 1. The zero-order chi connectivity index (χ0) is 13.8. The molecule has 0 aromatic heterocycles. The average Bonchev–Trinajstić information content (AvgIpc) is 2.40. The number of hydrogen-bond donors (Lipinski definition) is 2. The van der Waals surface area contributed by atoms with Gasteiger partial charge in [0.1, 0.15) is 5.75 Å². The zero-order valence-electron chi connectivity index (χ0n) is 10.4. The molecule has 1 heterocycles. The van der Waals surface area contributed by atoms with Crippen molar-refractivity contribution in [1.29, 1.82) is 0 Å². The summed E-state index contributed by atoms with van der Waals surface area (Å²) in [5.41, 5.74) is 1.56. The van der Waals surface area contributed by atoms with Crippen molar-refractivity contribution in [3.8, 4) is 5.75 Å². The number of rotatable bonds is 4. The second kappa shape index (κ2) is 5.51. The maximum absolute atomic E-state index is 11.5. The van der Waals surface area contributed by atoms with E-state index in [2.05, 4.69) is 10.6 Å². The molecule has 2 amide bonds. The molecule has 1 aliphatic heterocycles. The third-order valence-electron chi connectivity index (χ3n) is 2.79. The van der Waals surface area contributed by atoms with Crippen LogP contribution in [0.1, 0.15) is 12.5 Å². The van der Waals surface area contributed by atoms with E-state index in [0.717, 1.165) is 5.56 Å². The van der Waals surface area contributed by atoms with Gasteiger partial charge < -0.3 is 15.4 Å². The van der Waals surface area contributed by atoms with Crippen molar-refractivity contribution in [3.05, 3.63) is 23.8 Å². The largest absolute Gasteiger partial charge is 0.479 e. The van der Waals surface area contributed by atoms with Gasteiger partial charge in [-0.25, -0.2) is 0 Å². The number of benzene rings is 1. The fourth-order valence-corrected chi connectivity index (χ4v) is 1.78. The SMILES string of the molecule is CC1Oc2ccc(CCNC(=O)C=O)cc2NC1=O. The van der Waals surface area contributed by atoms with E-state index >= 15 is 0 Å². The van der Waals surface area contributed by atoms with Crippen molar-refractivity contribution in [2.45, 2.75) is 19.4 Å². The van der Waals surface area contributed by atoms with Crippen LogP contribution in [-0.4, -0.2) is 30.7 Å². The smallest absolute Gasteiger partial charge is 0.284 e. The first-order chi connectivity index (χ1) is 9.10. The number of anilines is 1. The minimum Gasteiger partial charge on any atom is -0.479 e. The molecule has 0 saturated heterocycles. The van der Waals surface area contributed by atoms with Crippen LogP contribution in [0.4, 0.5) is 5.69 Å². The van der Waals surface area contributed by atoms with Crippen LogP contribution in [0, 0.1) is 0 Å². The first-order valence-corrected chi connectivity index (χ1v) is 5.93. The van der Waals surface area contributed by atoms with Crippen molar-refractivity contribution in [1.82, 2.24) is 5.32 Å². The summed E-state index contributed by atoms with van der Waals surface area (Å²) in [4.78, 5) is 32.4. The van der Waals surface area contributed by atoms with Gasteiger partial charge in [-0.15, -0.1) is 0 Å². The highest BCUT2D eigenvalue weighted by Crippen LogP contribution is 2.30. The first kappa shape index (κ1) is 13.1. The van der Waals surface area contributed by atoms with Gasteiger partial charge in [-0.05, 0) is 31.0 Å². The monoisotopic (exact) mass is 262 g/mol. The molecule has 100 valence electrons. The van der Waals surface area contributed by atoms with Gasteiger partial charge in [0.05, 0.1) is 5.69 Å². The Balaban J connectivity index is 2.01. The summed E-state index contributed by atoms with van der Waals surface area (Å²) in [6.07, 6.45) is 0.311. The summed E-state index contributed by atoms with van der Waals surface area (Å²) < 4.78 is 5.43. The normalized spacial score (nSPS) is 16.9. The van der Waals surface area contributed by atoms with E-state index in [1.54, 1.807) is 19.1 Å². The van der Waals surface area contributed by atoms with Gasteiger partial charge in [-0.1, -0.05) is 6.07 Å². The predicted molar refractivity (Wildman–Crippen MR) is 67.9 cm³/mol. The maximum atomic E-state index is 11.5. The van der Waals surface area contributed by atoms with Crippen LogP contribution >= 0.6 is 0 Å². The molecule has 2 N–H and O–H groups in total. The Bertz CT molecular complexity index is 527. The molecule has 0 bridgehead atoms. The molecule has 0 saturated carbocycles. The third-order valence-corrected chi connectivity index (χ3v) is 2.79. The number of hydrogen-bond acceptors (Lipinski definition) is 4. The van der Waals surface area contributed by atoms with Crippen molar-refractivity contribution >= 4 is 23.8 Å². The van der Waals surface area contributed by atoms with Crippen LogP contribution in [0.3, 0.4) is 0 Å². The van der Waals surface area contributed by atoms with Gasteiger partial charge in [0.25, 0.3) is 11.8 Å². The standard InChI is InChI=1S/C13H14N2O4/c1-8-13(18)15-10-6-9(2-3-11(10)19-8)4-5-14-12(17)7-16/h2-3,6-8H,4-5H2,1H3,(H,14,17)(H,15,18). The predicted octanol–water partition coefficient (Wildman–Crippen LogP) is 0.264. The molecule has 2 rings (SSSR count). The Kier molecular flexibility index (Phi) is 3.79. The molecule has 0 radical (unpaired) electrons. The van der Waals surface area contributed by atoms with Crippen LogP contribution in [0.2, 0.25) is 0 Å². The molecule has 0 aliphatic carbocycles. The van der Waals surface area contributed by atoms with Crippen molar-refractivity contribution in [2.24, 2.45) is 0 Å². The number of carbonyl (C=O) groups is 3. The first-order valence-electron chi connectivity index (χ1n) is 5.93. The molecule has 19 heavy (non-hydrogen) atoms. The van der Waals surface area contributed by atoms with Crippen molar-refractivity contribution in [3.63, 3.8) is 0 Å². The Morgan fingerprint density at radius 1 is 1.53 bits per heavy atom. The molecule has 6 heteroatoms. The molecular weight excluding hydrogens is 248 g/mol. The van der Waals surface area contributed by atoms with Gasteiger partial charge in [0.2, 0.25) is 6.29 Å². The molecule has 6 nitrogen and oxygen atoms in total. The highest BCUT2D eigenvalue weighted by Gasteiger charge is 2.23. The molecule has 1 atom stereocenters. The van der Waals surface area contributed by atoms with Crippen molar-refractivity contribution < 1.29 is 19.1 Å². The van der Waals surface area contributed by atoms with Crippen LogP contribution in [-0.2, 0) is 20.8 Å². The highest BCUT2D eigenvalue weighted by atomic mass is 16.5. The number of fused-ring (bicyclic) bond motifs is 1. The molecule has 1 unspecified atom stereocenters. The van der Waals surface area contributed by atoms with Gasteiger partial charge in [-0.2, -0.15) is 0 Å². The third kappa shape index (κ3) is 3.09. The molecule has 0 fully saturated rings. The van der Waals surface area contributed by atoms with Gasteiger partial charge >= 0.3 is 0 Å². The quantitative estimate of drug-likeness (QED) is 0.602. The molecule has 1 aromatic rings. The van der Waals surface area contributed by atoms with E-state index in [0.29, 0.717) is 24.4 Å². The van der Waals surface area contributed by atoms with Crippen LogP contribution in [0.5, 0.6) is 5.75 Å². The Labute approximate surface area is 110 Å². The summed E-state index contributed by atoms with van der Waals surface area (Å²) in [6.45, 7) is 2.04. The van der Waals surface area contributed by atoms with E-state index in [1.165, 1.54) is 0 Å². The number of amides is 2. The number of ether oxygens (including phenoxy) is 1. The lowest BCUT2D eigenvalue weighted by atomic mass is 10.1. The second-order valence-electron chi connectivity index (χ2n) is 4.24. The highest BCUT2D eigenvalue weighted by molar-refractivity contribution is 6.23. The van der Waals surface area contributed by atoms with Crippen LogP contribution < -0.4 is 15.4 Å². The zero-order valence-corrected chi connectivity index (χ0v) is 10.4. The Hall–Kier alpha value is -2.37. The summed E-state index contributed by atoms with van der Waals surface area (Å²) >= 11 is 0. The van der Waals surface area contributed by atoms with Crippen molar-refractivity contribution in [2.75, 3.05) is 11.9 Å². The van der Waals surface area contributed by atoms with Crippen LogP contribution in [0.15, 0.2) is 18.2 Å². The lowest BCUT2D eigenvalue weighted by molar-refractivity contribution is -0.131. The summed E-state index contributed by atoms with van der Waals surface area (Å²) in [6, 6.07) is 5.43. The topological polar surface area (TPSA) is 84.5 Å². The average molecular weight is 262 g/mol. The lowest BCUT2D eigenvalue weighted by Gasteiger charge is -2.23. The van der Waals surface area contributed by atoms with E-state index < -0.39 is 12.0 Å². The molecule has 1 aliphatic rings. The van der Waals surface area contributed by atoms with Gasteiger partial charge in [0, 0.05) is 6.54 Å². The van der Waals surface area contributed by atoms with Gasteiger partial charge in [0.15, 0.2) is 6.10 Å². The molecule has 0 spiro atoms. The summed E-state index contributed by atoms with van der Waals surface area (Å²) in [5.74, 6) is -0.185. The Morgan fingerprint density at radius 2 is 2.32 bits per heavy atom. The summed E-state index contributed by atoms with van der Waals surface area (Å²) in [5, 5.41) is 5.20. The Morgan fingerprint density at radius 3 is 3.05 bits per heavy atom. The van der Waals surface area contributed by atoms with E-state index in [9.17, 15) is 14.4 Å². The maximum Gasteiger partial charge on any atom is 0.284 e. The molecule has 1 aromatic carbocycles. The molecular formula is C13H14N2O4.